The molecular formula is C29H27N7. The highest BCUT2D eigenvalue weighted by Crippen LogP contribution is 2.33. The molecule has 0 amide bonds. The minimum absolute atomic E-state index is 0.661. The zero-order valence-corrected chi connectivity index (χ0v) is 20.3. The van der Waals surface area contributed by atoms with Gasteiger partial charge in [-0.3, -0.25) is 15.1 Å². The number of para-hydroxylation sites is 1. The highest BCUT2D eigenvalue weighted by Gasteiger charge is 2.16. The first-order valence-corrected chi connectivity index (χ1v) is 12.2. The molecule has 4 aromatic heterocycles. The van der Waals surface area contributed by atoms with Crippen LogP contribution in [0.1, 0.15) is 20.3 Å². The average molecular weight is 474 g/mol. The average Bonchev–Trinajstić information content (AvgIpc) is 3.53. The lowest BCUT2D eigenvalue weighted by atomic mass is 10.0. The monoisotopic (exact) mass is 473 g/mol. The van der Waals surface area contributed by atoms with Gasteiger partial charge in [-0.1, -0.05) is 38.1 Å². The van der Waals surface area contributed by atoms with E-state index in [1.165, 1.54) is 0 Å². The van der Waals surface area contributed by atoms with E-state index in [1.807, 2.05) is 42.9 Å². The molecule has 0 saturated carbocycles. The maximum Gasteiger partial charge on any atom is 0.159 e. The summed E-state index contributed by atoms with van der Waals surface area (Å²) in [6.07, 6.45) is 8.53. The van der Waals surface area contributed by atoms with Crippen molar-refractivity contribution >= 4 is 27.6 Å². The van der Waals surface area contributed by atoms with E-state index < -0.39 is 0 Å². The van der Waals surface area contributed by atoms with Crippen LogP contribution >= 0.6 is 0 Å². The van der Waals surface area contributed by atoms with E-state index in [0.29, 0.717) is 5.92 Å². The van der Waals surface area contributed by atoms with Crippen LogP contribution in [-0.4, -0.2) is 36.7 Å². The predicted molar refractivity (Wildman–Crippen MR) is 146 cm³/mol. The molecule has 0 aliphatic rings. The molecule has 7 heteroatoms. The van der Waals surface area contributed by atoms with E-state index in [2.05, 4.69) is 74.6 Å². The SMILES string of the molecule is CC(C)CCNc1cncc(-c2ccc3[nH]nc(-c4nc5c(-c6cccnc6)cccc5[nH]4)c3c2)c1. The number of hydrogen-bond acceptors (Lipinski definition) is 5. The highest BCUT2D eigenvalue weighted by molar-refractivity contribution is 5.98. The maximum atomic E-state index is 4.96. The van der Waals surface area contributed by atoms with Crippen molar-refractivity contribution in [1.29, 1.82) is 0 Å². The Bertz CT molecular complexity index is 1650. The lowest BCUT2D eigenvalue weighted by Crippen LogP contribution is -2.04. The smallest absolute Gasteiger partial charge is 0.159 e. The summed E-state index contributed by atoms with van der Waals surface area (Å²) in [6.45, 7) is 5.40. The molecule has 0 aliphatic carbocycles. The summed E-state index contributed by atoms with van der Waals surface area (Å²) in [5.74, 6) is 1.39. The fourth-order valence-corrected chi connectivity index (χ4v) is 4.47. The molecule has 0 radical (unpaired) electrons. The van der Waals surface area contributed by atoms with Gasteiger partial charge in [0.1, 0.15) is 5.69 Å². The Balaban J connectivity index is 1.38. The minimum Gasteiger partial charge on any atom is -0.384 e. The summed E-state index contributed by atoms with van der Waals surface area (Å²) < 4.78 is 0. The van der Waals surface area contributed by atoms with Crippen LogP contribution in [0.15, 0.2) is 79.4 Å². The topological polar surface area (TPSA) is 95.2 Å². The molecule has 0 unspecified atom stereocenters. The second-order valence-electron chi connectivity index (χ2n) is 9.43. The van der Waals surface area contributed by atoms with Gasteiger partial charge in [-0.25, -0.2) is 4.98 Å². The zero-order valence-electron chi connectivity index (χ0n) is 20.3. The molecule has 36 heavy (non-hydrogen) atoms. The van der Waals surface area contributed by atoms with Crippen molar-refractivity contribution in [1.82, 2.24) is 30.1 Å². The van der Waals surface area contributed by atoms with Crippen LogP contribution in [-0.2, 0) is 0 Å². The number of imidazole rings is 1. The predicted octanol–water partition coefficient (Wildman–Crippen LogP) is 6.69. The van der Waals surface area contributed by atoms with Gasteiger partial charge in [-0.2, -0.15) is 5.10 Å². The highest BCUT2D eigenvalue weighted by atomic mass is 15.1. The van der Waals surface area contributed by atoms with E-state index >= 15 is 0 Å². The third-order valence-corrected chi connectivity index (χ3v) is 6.39. The molecule has 6 rings (SSSR count). The number of aromatic nitrogens is 6. The van der Waals surface area contributed by atoms with Crippen molar-refractivity contribution in [3.8, 4) is 33.8 Å². The number of pyridine rings is 2. The molecule has 178 valence electrons. The maximum absolute atomic E-state index is 4.96. The Labute approximate surface area is 209 Å². The molecule has 4 heterocycles. The van der Waals surface area contributed by atoms with Crippen LogP contribution in [0.2, 0.25) is 0 Å². The first kappa shape index (κ1) is 22.0. The van der Waals surface area contributed by atoms with Crippen LogP contribution in [0.5, 0.6) is 0 Å². The number of nitrogens with one attached hydrogen (secondary N) is 3. The van der Waals surface area contributed by atoms with Crippen molar-refractivity contribution in [2.24, 2.45) is 5.92 Å². The lowest BCUT2D eigenvalue weighted by Gasteiger charge is -2.09. The first-order valence-electron chi connectivity index (χ1n) is 12.2. The Morgan fingerprint density at radius 2 is 1.78 bits per heavy atom. The molecular weight excluding hydrogens is 446 g/mol. The number of hydrogen-bond donors (Lipinski definition) is 3. The van der Waals surface area contributed by atoms with Crippen LogP contribution in [0, 0.1) is 5.92 Å². The number of aromatic amines is 2. The minimum atomic E-state index is 0.661. The second-order valence-corrected chi connectivity index (χ2v) is 9.43. The van der Waals surface area contributed by atoms with Crippen LogP contribution in [0.3, 0.4) is 0 Å². The van der Waals surface area contributed by atoms with Crippen LogP contribution in [0.4, 0.5) is 5.69 Å². The van der Waals surface area contributed by atoms with Crippen molar-refractivity contribution in [2.45, 2.75) is 20.3 Å². The van der Waals surface area contributed by atoms with E-state index in [9.17, 15) is 0 Å². The van der Waals surface area contributed by atoms with Crippen LogP contribution in [0.25, 0.3) is 55.7 Å². The Kier molecular flexibility index (Phi) is 5.65. The summed E-state index contributed by atoms with van der Waals surface area (Å²) in [5, 5.41) is 12.3. The fourth-order valence-electron chi connectivity index (χ4n) is 4.47. The molecule has 0 fully saturated rings. The number of nitrogens with zero attached hydrogens (tertiary/aromatic N) is 4. The Morgan fingerprint density at radius 1 is 0.861 bits per heavy atom. The van der Waals surface area contributed by atoms with Crippen molar-refractivity contribution in [3.63, 3.8) is 0 Å². The van der Waals surface area contributed by atoms with Crippen molar-refractivity contribution < 1.29 is 0 Å². The molecule has 2 aromatic carbocycles. The summed E-state index contributed by atoms with van der Waals surface area (Å²) >= 11 is 0. The Hall–Kier alpha value is -4.52. The van der Waals surface area contributed by atoms with E-state index in [0.717, 1.165) is 74.4 Å². The largest absolute Gasteiger partial charge is 0.384 e. The van der Waals surface area contributed by atoms with E-state index in [4.69, 9.17) is 4.98 Å². The van der Waals surface area contributed by atoms with Gasteiger partial charge >= 0.3 is 0 Å². The van der Waals surface area contributed by atoms with E-state index in [1.54, 1.807) is 6.20 Å². The Morgan fingerprint density at radius 3 is 2.64 bits per heavy atom. The molecule has 7 nitrogen and oxygen atoms in total. The van der Waals surface area contributed by atoms with Gasteiger partial charge in [0.25, 0.3) is 0 Å². The molecule has 0 aliphatic heterocycles. The normalized spacial score (nSPS) is 11.5. The van der Waals surface area contributed by atoms with Gasteiger partial charge in [0.2, 0.25) is 0 Å². The van der Waals surface area contributed by atoms with Gasteiger partial charge in [0, 0.05) is 53.4 Å². The third kappa shape index (κ3) is 4.20. The lowest BCUT2D eigenvalue weighted by molar-refractivity contribution is 0.607. The quantitative estimate of drug-likeness (QED) is 0.240. The van der Waals surface area contributed by atoms with Crippen molar-refractivity contribution in [3.05, 3.63) is 79.4 Å². The standard InChI is InChI=1S/C29H27N7/c1-18(2)10-12-32-22-13-21(16-31-17-22)19-8-9-25-24(14-19)28(36-35-25)29-33-26-7-3-6-23(27(26)34-29)20-5-4-11-30-15-20/h3-9,11,13-18,32H,10,12H2,1-2H3,(H,33,34)(H,35,36). The number of fused-ring (bicyclic) bond motifs is 2. The van der Waals surface area contributed by atoms with E-state index in [-0.39, 0.29) is 0 Å². The molecule has 3 N–H and O–H groups in total. The zero-order chi connectivity index (χ0) is 24.5. The molecule has 0 spiro atoms. The second kappa shape index (κ2) is 9.26. The molecule has 0 atom stereocenters. The molecule has 6 aromatic rings. The third-order valence-electron chi connectivity index (χ3n) is 6.39. The number of benzene rings is 2. The summed E-state index contributed by atoms with van der Waals surface area (Å²) in [7, 11) is 0. The van der Waals surface area contributed by atoms with Gasteiger partial charge in [0.05, 0.1) is 22.2 Å². The van der Waals surface area contributed by atoms with Gasteiger partial charge in [-0.05, 0) is 48.2 Å². The summed E-state index contributed by atoms with van der Waals surface area (Å²) in [6, 6.07) is 18.6. The summed E-state index contributed by atoms with van der Waals surface area (Å²) in [5.41, 5.74) is 8.85. The first-order chi connectivity index (χ1) is 17.7. The van der Waals surface area contributed by atoms with Gasteiger partial charge < -0.3 is 10.3 Å². The van der Waals surface area contributed by atoms with Crippen LogP contribution < -0.4 is 5.32 Å². The molecule has 0 saturated heterocycles. The van der Waals surface area contributed by atoms with Gasteiger partial charge in [0.15, 0.2) is 5.82 Å². The van der Waals surface area contributed by atoms with Gasteiger partial charge in [-0.15, -0.1) is 0 Å². The number of H-pyrrole nitrogens is 2. The number of rotatable bonds is 7. The molecule has 0 bridgehead atoms. The number of anilines is 1. The fraction of sp³-hybridized carbons (Fsp3) is 0.172. The van der Waals surface area contributed by atoms with Crippen molar-refractivity contribution in [2.75, 3.05) is 11.9 Å². The summed E-state index contributed by atoms with van der Waals surface area (Å²) in [4.78, 5) is 17.2.